The van der Waals surface area contributed by atoms with Gasteiger partial charge in [-0.2, -0.15) is 0 Å². The summed E-state index contributed by atoms with van der Waals surface area (Å²) in [6, 6.07) is 1.53. The van der Waals surface area contributed by atoms with E-state index in [2.05, 4.69) is 10.6 Å². The van der Waals surface area contributed by atoms with E-state index in [1.54, 1.807) is 7.11 Å². The number of hydrogen-bond donors (Lipinski definition) is 2. The van der Waals surface area contributed by atoms with Gasteiger partial charge in [0.1, 0.15) is 0 Å². The highest BCUT2D eigenvalue weighted by Crippen LogP contribution is 2.30. The maximum Gasteiger partial charge on any atom is 0.0474 e. The molecule has 0 aromatic carbocycles. The molecule has 0 amide bonds. The van der Waals surface area contributed by atoms with Gasteiger partial charge in [-0.05, 0) is 51.1 Å². The Morgan fingerprint density at radius 1 is 1.18 bits per heavy atom. The average molecular weight is 240 g/mol. The van der Waals surface area contributed by atoms with Crippen molar-refractivity contribution in [2.75, 3.05) is 26.8 Å². The molecule has 1 saturated heterocycles. The minimum atomic E-state index is 0.746. The first-order valence-electron chi connectivity index (χ1n) is 7.37. The van der Waals surface area contributed by atoms with Crippen molar-refractivity contribution in [1.82, 2.24) is 10.6 Å². The Balaban J connectivity index is 1.75. The summed E-state index contributed by atoms with van der Waals surface area (Å²) in [4.78, 5) is 0. The number of methoxy groups -OCH3 is 1. The van der Waals surface area contributed by atoms with Gasteiger partial charge in [0.2, 0.25) is 0 Å². The molecule has 100 valence electrons. The molecule has 1 saturated carbocycles. The molecule has 3 nitrogen and oxygen atoms in total. The van der Waals surface area contributed by atoms with Crippen LogP contribution in [0.5, 0.6) is 0 Å². The van der Waals surface area contributed by atoms with E-state index < -0.39 is 0 Å². The van der Waals surface area contributed by atoms with E-state index in [1.807, 2.05) is 0 Å². The van der Waals surface area contributed by atoms with Crippen LogP contribution in [0.2, 0.25) is 0 Å². The monoisotopic (exact) mass is 240 g/mol. The molecule has 0 bridgehead atoms. The largest absolute Gasteiger partial charge is 0.385 e. The zero-order chi connectivity index (χ0) is 11.9. The molecule has 1 aliphatic heterocycles. The minimum Gasteiger partial charge on any atom is -0.385 e. The molecule has 0 radical (unpaired) electrons. The van der Waals surface area contributed by atoms with Crippen molar-refractivity contribution in [2.24, 2.45) is 5.92 Å². The van der Waals surface area contributed by atoms with Crippen LogP contribution >= 0.6 is 0 Å². The Bertz CT molecular complexity index is 204. The molecule has 1 aliphatic carbocycles. The van der Waals surface area contributed by atoms with E-state index in [9.17, 15) is 0 Å². The molecule has 0 aromatic rings. The third-order valence-electron chi connectivity index (χ3n) is 4.37. The molecule has 3 atom stereocenters. The van der Waals surface area contributed by atoms with Crippen LogP contribution in [0, 0.1) is 5.92 Å². The average Bonchev–Trinajstić information content (AvgIpc) is 2.89. The standard InChI is InChI=1S/C14H28N2O/c1-17-11-5-10-16-13-7-3-2-6-12(13)14-8-4-9-15-14/h12-16H,2-11H2,1H3. The van der Waals surface area contributed by atoms with E-state index in [1.165, 1.54) is 45.1 Å². The van der Waals surface area contributed by atoms with Gasteiger partial charge in [-0.15, -0.1) is 0 Å². The SMILES string of the molecule is COCCCNC1CCCCC1C1CCCN1. The van der Waals surface area contributed by atoms with Gasteiger partial charge in [-0.3, -0.25) is 0 Å². The Hall–Kier alpha value is -0.120. The van der Waals surface area contributed by atoms with E-state index in [0.29, 0.717) is 0 Å². The van der Waals surface area contributed by atoms with Gasteiger partial charge in [0.15, 0.2) is 0 Å². The van der Waals surface area contributed by atoms with Crippen molar-refractivity contribution < 1.29 is 4.74 Å². The summed E-state index contributed by atoms with van der Waals surface area (Å²) in [5, 5.41) is 7.46. The van der Waals surface area contributed by atoms with Crippen LogP contribution < -0.4 is 10.6 Å². The van der Waals surface area contributed by atoms with Gasteiger partial charge in [-0.25, -0.2) is 0 Å². The van der Waals surface area contributed by atoms with Crippen molar-refractivity contribution in [3.63, 3.8) is 0 Å². The van der Waals surface area contributed by atoms with Gasteiger partial charge in [-0.1, -0.05) is 12.8 Å². The Morgan fingerprint density at radius 3 is 2.82 bits per heavy atom. The maximum absolute atomic E-state index is 5.11. The lowest BCUT2D eigenvalue weighted by Gasteiger charge is -2.36. The summed E-state index contributed by atoms with van der Waals surface area (Å²) < 4.78 is 5.11. The van der Waals surface area contributed by atoms with Crippen LogP contribution in [-0.2, 0) is 4.74 Å². The summed E-state index contributed by atoms with van der Waals surface area (Å²) >= 11 is 0. The van der Waals surface area contributed by atoms with Crippen LogP contribution in [-0.4, -0.2) is 38.9 Å². The first-order chi connectivity index (χ1) is 8.42. The molecule has 2 rings (SSSR count). The second kappa shape index (κ2) is 7.34. The smallest absolute Gasteiger partial charge is 0.0474 e. The van der Waals surface area contributed by atoms with Crippen LogP contribution in [0.1, 0.15) is 44.9 Å². The normalized spacial score (nSPS) is 34.1. The van der Waals surface area contributed by atoms with Crippen LogP contribution in [0.3, 0.4) is 0 Å². The fourth-order valence-corrected chi connectivity index (χ4v) is 3.48. The molecule has 17 heavy (non-hydrogen) atoms. The summed E-state index contributed by atoms with van der Waals surface area (Å²) in [5.41, 5.74) is 0. The highest BCUT2D eigenvalue weighted by molar-refractivity contribution is 4.91. The third kappa shape index (κ3) is 3.94. The summed E-state index contributed by atoms with van der Waals surface area (Å²) in [6.45, 7) is 3.23. The van der Waals surface area contributed by atoms with Crippen molar-refractivity contribution in [3.8, 4) is 0 Å². The molecule has 0 aromatic heterocycles. The topological polar surface area (TPSA) is 33.3 Å². The first-order valence-corrected chi connectivity index (χ1v) is 7.37. The zero-order valence-electron chi connectivity index (χ0n) is 11.2. The molecular weight excluding hydrogens is 212 g/mol. The van der Waals surface area contributed by atoms with Gasteiger partial charge in [0.05, 0.1) is 0 Å². The van der Waals surface area contributed by atoms with Crippen molar-refractivity contribution in [3.05, 3.63) is 0 Å². The Morgan fingerprint density at radius 2 is 2.06 bits per heavy atom. The van der Waals surface area contributed by atoms with Crippen LogP contribution in [0.4, 0.5) is 0 Å². The molecule has 2 fully saturated rings. The number of nitrogens with one attached hydrogen (secondary N) is 2. The highest BCUT2D eigenvalue weighted by atomic mass is 16.5. The second-order valence-electron chi connectivity index (χ2n) is 5.56. The number of hydrogen-bond acceptors (Lipinski definition) is 3. The van der Waals surface area contributed by atoms with Crippen LogP contribution in [0.25, 0.3) is 0 Å². The van der Waals surface area contributed by atoms with Gasteiger partial charge in [0, 0.05) is 25.8 Å². The quantitative estimate of drug-likeness (QED) is 0.696. The predicted octanol–water partition coefficient (Wildman–Crippen LogP) is 1.92. The van der Waals surface area contributed by atoms with Gasteiger partial charge < -0.3 is 15.4 Å². The van der Waals surface area contributed by atoms with Crippen molar-refractivity contribution in [2.45, 2.75) is 57.0 Å². The molecular formula is C14H28N2O. The van der Waals surface area contributed by atoms with E-state index in [4.69, 9.17) is 4.74 Å². The zero-order valence-corrected chi connectivity index (χ0v) is 11.2. The maximum atomic E-state index is 5.11. The lowest BCUT2D eigenvalue weighted by molar-refractivity contribution is 0.181. The Kier molecular flexibility index (Phi) is 5.75. The summed E-state index contributed by atoms with van der Waals surface area (Å²) in [6.07, 6.45) is 9.52. The number of ether oxygens (including phenoxy) is 1. The third-order valence-corrected chi connectivity index (χ3v) is 4.37. The summed E-state index contributed by atoms with van der Waals surface area (Å²) in [5.74, 6) is 0.869. The Labute approximate surface area is 106 Å². The molecule has 2 aliphatic rings. The second-order valence-corrected chi connectivity index (χ2v) is 5.56. The van der Waals surface area contributed by atoms with Gasteiger partial charge in [0.25, 0.3) is 0 Å². The van der Waals surface area contributed by atoms with Crippen molar-refractivity contribution in [1.29, 1.82) is 0 Å². The first kappa shape index (κ1) is 13.3. The van der Waals surface area contributed by atoms with E-state index in [-0.39, 0.29) is 0 Å². The molecule has 1 heterocycles. The number of rotatable bonds is 6. The summed E-state index contributed by atoms with van der Waals surface area (Å²) in [7, 11) is 1.78. The lowest BCUT2D eigenvalue weighted by Crippen LogP contribution is -2.47. The van der Waals surface area contributed by atoms with E-state index >= 15 is 0 Å². The molecule has 2 N–H and O–H groups in total. The minimum absolute atomic E-state index is 0.746. The fourth-order valence-electron chi connectivity index (χ4n) is 3.48. The van der Waals surface area contributed by atoms with E-state index in [0.717, 1.165) is 37.6 Å². The van der Waals surface area contributed by atoms with Crippen LogP contribution in [0.15, 0.2) is 0 Å². The molecule has 0 spiro atoms. The highest BCUT2D eigenvalue weighted by Gasteiger charge is 2.32. The molecule has 3 unspecified atom stereocenters. The predicted molar refractivity (Wildman–Crippen MR) is 71.3 cm³/mol. The molecule has 3 heteroatoms. The van der Waals surface area contributed by atoms with Crippen molar-refractivity contribution >= 4 is 0 Å². The fraction of sp³-hybridized carbons (Fsp3) is 1.00. The lowest BCUT2D eigenvalue weighted by atomic mass is 9.79. The van der Waals surface area contributed by atoms with Gasteiger partial charge >= 0.3 is 0 Å².